The van der Waals surface area contributed by atoms with Crippen LogP contribution in [0.3, 0.4) is 0 Å². The Morgan fingerprint density at radius 2 is 2.31 bits per heavy atom. The van der Waals surface area contributed by atoms with Crippen molar-refractivity contribution in [2.75, 3.05) is 0 Å². The van der Waals surface area contributed by atoms with Crippen molar-refractivity contribution in [1.29, 1.82) is 0 Å². The van der Waals surface area contributed by atoms with Gasteiger partial charge in [0.2, 0.25) is 0 Å². The lowest BCUT2D eigenvalue weighted by Gasteiger charge is -1.97. The van der Waals surface area contributed by atoms with Crippen molar-refractivity contribution in [3.63, 3.8) is 0 Å². The summed E-state index contributed by atoms with van der Waals surface area (Å²) in [7, 11) is 0. The van der Waals surface area contributed by atoms with Crippen LogP contribution in [0.1, 0.15) is 21.6 Å². The molecule has 3 rings (SSSR count). The molecule has 0 aliphatic heterocycles. The van der Waals surface area contributed by atoms with Gasteiger partial charge in [0.05, 0.1) is 5.69 Å². The van der Waals surface area contributed by atoms with Crippen LogP contribution in [0.5, 0.6) is 0 Å². The average Bonchev–Trinajstić information content (AvgIpc) is 2.74. The van der Waals surface area contributed by atoms with Gasteiger partial charge in [-0.25, -0.2) is 9.18 Å². The summed E-state index contributed by atoms with van der Waals surface area (Å²) >= 11 is 0. The Morgan fingerprint density at radius 1 is 1.50 bits per heavy atom. The molecule has 1 aliphatic rings. The quantitative estimate of drug-likeness (QED) is 0.654. The molecule has 1 heterocycles. The SMILES string of the molecule is O=C(O)c1[nH]nc2c1Cc1cc(F)ccc1-2. The summed E-state index contributed by atoms with van der Waals surface area (Å²) in [6.07, 6.45) is 0.417. The van der Waals surface area contributed by atoms with Crippen molar-refractivity contribution in [2.24, 2.45) is 0 Å². The number of fused-ring (bicyclic) bond motifs is 3. The van der Waals surface area contributed by atoms with Crippen molar-refractivity contribution >= 4 is 5.97 Å². The fourth-order valence-corrected chi connectivity index (χ4v) is 2.07. The molecule has 0 bridgehead atoms. The molecule has 2 aromatic rings. The molecule has 1 aromatic heterocycles. The molecular formula is C11H7FN2O2. The summed E-state index contributed by atoms with van der Waals surface area (Å²) in [5, 5.41) is 15.4. The van der Waals surface area contributed by atoms with Crippen molar-refractivity contribution in [1.82, 2.24) is 10.2 Å². The highest BCUT2D eigenvalue weighted by molar-refractivity contribution is 5.91. The minimum Gasteiger partial charge on any atom is -0.477 e. The van der Waals surface area contributed by atoms with E-state index in [0.29, 0.717) is 17.7 Å². The second-order valence-electron chi connectivity index (χ2n) is 3.71. The van der Waals surface area contributed by atoms with Gasteiger partial charge in [-0.1, -0.05) is 0 Å². The normalized spacial score (nSPS) is 12.3. The summed E-state index contributed by atoms with van der Waals surface area (Å²) in [5.74, 6) is -1.35. The zero-order valence-corrected chi connectivity index (χ0v) is 8.12. The van der Waals surface area contributed by atoms with Gasteiger partial charge in [-0.05, 0) is 23.8 Å². The second-order valence-corrected chi connectivity index (χ2v) is 3.71. The lowest BCUT2D eigenvalue weighted by Crippen LogP contribution is -2.00. The van der Waals surface area contributed by atoms with E-state index in [-0.39, 0.29) is 11.5 Å². The Labute approximate surface area is 89.7 Å². The number of hydrogen-bond acceptors (Lipinski definition) is 2. The maximum atomic E-state index is 13.0. The summed E-state index contributed by atoms with van der Waals surface area (Å²) in [6.45, 7) is 0. The van der Waals surface area contributed by atoms with Gasteiger partial charge in [-0.15, -0.1) is 0 Å². The van der Waals surface area contributed by atoms with Crippen molar-refractivity contribution in [2.45, 2.75) is 6.42 Å². The first-order valence-electron chi connectivity index (χ1n) is 4.76. The number of nitrogens with zero attached hydrogens (tertiary/aromatic N) is 1. The Kier molecular flexibility index (Phi) is 1.65. The molecule has 4 nitrogen and oxygen atoms in total. The molecule has 80 valence electrons. The predicted molar refractivity (Wildman–Crippen MR) is 53.7 cm³/mol. The van der Waals surface area contributed by atoms with Gasteiger partial charge < -0.3 is 5.11 Å². The van der Waals surface area contributed by atoms with Crippen LogP contribution >= 0.6 is 0 Å². The zero-order valence-electron chi connectivity index (χ0n) is 8.12. The minimum atomic E-state index is -1.04. The summed E-state index contributed by atoms with van der Waals surface area (Å²) < 4.78 is 13.0. The van der Waals surface area contributed by atoms with Gasteiger partial charge in [0.25, 0.3) is 0 Å². The number of carbonyl (C=O) groups is 1. The van der Waals surface area contributed by atoms with E-state index in [0.717, 1.165) is 11.1 Å². The fraction of sp³-hybridized carbons (Fsp3) is 0.0909. The van der Waals surface area contributed by atoms with Crippen LogP contribution in [0.25, 0.3) is 11.3 Å². The van der Waals surface area contributed by atoms with Crippen LogP contribution in [-0.4, -0.2) is 21.3 Å². The lowest BCUT2D eigenvalue weighted by molar-refractivity contribution is 0.0689. The lowest BCUT2D eigenvalue weighted by atomic mass is 10.1. The molecule has 5 heteroatoms. The number of aromatic carboxylic acids is 1. The van der Waals surface area contributed by atoms with E-state index >= 15 is 0 Å². The first kappa shape index (κ1) is 9.08. The molecule has 2 N–H and O–H groups in total. The molecule has 0 spiro atoms. The summed E-state index contributed by atoms with van der Waals surface area (Å²) in [4.78, 5) is 10.9. The Bertz CT molecular complexity index is 604. The predicted octanol–water partition coefficient (Wildman–Crippen LogP) is 1.82. The smallest absolute Gasteiger partial charge is 0.354 e. The second kappa shape index (κ2) is 2.91. The van der Waals surface area contributed by atoms with E-state index in [1.807, 2.05) is 0 Å². The fourth-order valence-electron chi connectivity index (χ4n) is 2.07. The number of carboxylic acids is 1. The van der Waals surface area contributed by atoms with Crippen LogP contribution in [0.2, 0.25) is 0 Å². The first-order valence-corrected chi connectivity index (χ1v) is 4.76. The molecule has 0 saturated carbocycles. The van der Waals surface area contributed by atoms with Gasteiger partial charge in [-0.3, -0.25) is 5.10 Å². The Morgan fingerprint density at radius 3 is 3.06 bits per heavy atom. The zero-order chi connectivity index (χ0) is 11.3. The number of benzene rings is 1. The first-order chi connectivity index (χ1) is 7.66. The standard InChI is InChI=1S/C11H7FN2O2/c12-6-1-2-7-5(3-6)4-8-9(7)13-14-10(8)11(15)16/h1-3H,4H2,(H,13,14)(H,15,16). The highest BCUT2D eigenvalue weighted by Crippen LogP contribution is 2.36. The Balaban J connectivity index is 2.20. The summed E-state index contributed by atoms with van der Waals surface area (Å²) in [5.41, 5.74) is 2.93. The number of aromatic nitrogens is 2. The van der Waals surface area contributed by atoms with Crippen LogP contribution in [-0.2, 0) is 6.42 Å². The van der Waals surface area contributed by atoms with E-state index in [4.69, 9.17) is 5.11 Å². The van der Waals surface area contributed by atoms with E-state index in [2.05, 4.69) is 10.2 Å². The van der Waals surface area contributed by atoms with Crippen molar-refractivity contribution < 1.29 is 14.3 Å². The van der Waals surface area contributed by atoms with E-state index in [1.165, 1.54) is 12.1 Å². The number of nitrogens with one attached hydrogen (secondary N) is 1. The van der Waals surface area contributed by atoms with Gasteiger partial charge >= 0.3 is 5.97 Å². The molecule has 0 unspecified atom stereocenters. The third-order valence-corrected chi connectivity index (χ3v) is 2.77. The number of rotatable bonds is 1. The highest BCUT2D eigenvalue weighted by atomic mass is 19.1. The molecule has 1 aliphatic carbocycles. The molecule has 1 aromatic carbocycles. The topological polar surface area (TPSA) is 66.0 Å². The van der Waals surface area contributed by atoms with Gasteiger partial charge in [-0.2, -0.15) is 5.10 Å². The average molecular weight is 218 g/mol. The molecule has 0 amide bonds. The molecule has 0 saturated heterocycles. The molecule has 0 fully saturated rings. The maximum Gasteiger partial charge on any atom is 0.354 e. The highest BCUT2D eigenvalue weighted by Gasteiger charge is 2.27. The number of H-pyrrole nitrogens is 1. The maximum absolute atomic E-state index is 13.0. The van der Waals surface area contributed by atoms with E-state index in [1.54, 1.807) is 6.07 Å². The van der Waals surface area contributed by atoms with Crippen molar-refractivity contribution in [3.8, 4) is 11.3 Å². The van der Waals surface area contributed by atoms with Crippen molar-refractivity contribution in [3.05, 3.63) is 40.8 Å². The van der Waals surface area contributed by atoms with Gasteiger partial charge in [0, 0.05) is 17.5 Å². The molecule has 0 radical (unpaired) electrons. The number of hydrogen-bond donors (Lipinski definition) is 2. The van der Waals surface area contributed by atoms with E-state index in [9.17, 15) is 9.18 Å². The van der Waals surface area contributed by atoms with Gasteiger partial charge in [0.15, 0.2) is 0 Å². The van der Waals surface area contributed by atoms with Crippen LogP contribution in [0.4, 0.5) is 4.39 Å². The molecular weight excluding hydrogens is 211 g/mol. The third-order valence-electron chi connectivity index (χ3n) is 2.77. The molecule has 16 heavy (non-hydrogen) atoms. The monoisotopic (exact) mass is 218 g/mol. The van der Waals surface area contributed by atoms with Crippen LogP contribution in [0, 0.1) is 5.82 Å². The number of aromatic amines is 1. The van der Waals surface area contributed by atoms with Crippen LogP contribution in [0.15, 0.2) is 18.2 Å². The third kappa shape index (κ3) is 1.08. The molecule has 0 atom stereocenters. The number of halogens is 1. The largest absolute Gasteiger partial charge is 0.477 e. The summed E-state index contributed by atoms with van der Waals surface area (Å²) in [6, 6.07) is 4.40. The number of carboxylic acid groups (broad SMARTS) is 1. The Hall–Kier alpha value is -2.17. The van der Waals surface area contributed by atoms with E-state index < -0.39 is 5.97 Å². The minimum absolute atomic E-state index is 0.0895. The van der Waals surface area contributed by atoms with Crippen LogP contribution < -0.4 is 0 Å². The van der Waals surface area contributed by atoms with Gasteiger partial charge in [0.1, 0.15) is 11.5 Å².